The maximum absolute atomic E-state index is 9.42. The van der Waals surface area contributed by atoms with Gasteiger partial charge in [-0.2, -0.15) is 5.26 Å². The van der Waals surface area contributed by atoms with Crippen molar-refractivity contribution in [3.8, 4) is 6.07 Å². The topological polar surface area (TPSA) is 47.3 Å². The van der Waals surface area contributed by atoms with Gasteiger partial charge in [0.1, 0.15) is 0 Å². The summed E-state index contributed by atoms with van der Waals surface area (Å²) in [5.41, 5.74) is 0. The molecule has 2 aliphatic rings. The van der Waals surface area contributed by atoms with Crippen LogP contribution in [0.2, 0.25) is 0 Å². The molecule has 3 atom stereocenters. The molecule has 0 bridgehead atoms. The lowest BCUT2D eigenvalue weighted by Gasteiger charge is -2.44. The summed E-state index contributed by atoms with van der Waals surface area (Å²) in [6, 6.07) is 3.51. The number of nitrogens with zero attached hydrogens (tertiary/aromatic N) is 2. The highest BCUT2D eigenvalue weighted by molar-refractivity contribution is 4.98. The van der Waals surface area contributed by atoms with Gasteiger partial charge in [-0.1, -0.05) is 26.2 Å². The Bertz CT molecular complexity index is 306. The van der Waals surface area contributed by atoms with Crippen LogP contribution >= 0.6 is 0 Å². The molecule has 108 valence electrons. The first-order valence-electron chi connectivity index (χ1n) is 8.02. The molecule has 0 aromatic carbocycles. The normalized spacial score (nSPS) is 33.3. The van der Waals surface area contributed by atoms with Crippen molar-refractivity contribution in [1.82, 2.24) is 4.90 Å². The summed E-state index contributed by atoms with van der Waals surface area (Å²) < 4.78 is 0. The van der Waals surface area contributed by atoms with Crippen LogP contribution in [-0.2, 0) is 0 Å². The van der Waals surface area contributed by atoms with Crippen molar-refractivity contribution >= 4 is 0 Å². The molecule has 19 heavy (non-hydrogen) atoms. The van der Waals surface area contributed by atoms with E-state index < -0.39 is 0 Å². The number of aliphatic hydroxyl groups is 1. The number of rotatable bonds is 4. The number of nitriles is 1. The second-order valence-corrected chi connectivity index (χ2v) is 6.47. The molecule has 3 unspecified atom stereocenters. The molecule has 0 aromatic rings. The fourth-order valence-electron chi connectivity index (χ4n) is 4.02. The molecule has 0 radical (unpaired) electrons. The minimum Gasteiger partial charge on any atom is -0.395 e. The van der Waals surface area contributed by atoms with Gasteiger partial charge in [-0.05, 0) is 38.0 Å². The van der Waals surface area contributed by atoms with E-state index in [9.17, 15) is 10.4 Å². The molecule has 0 aromatic heterocycles. The zero-order chi connectivity index (χ0) is 13.7. The van der Waals surface area contributed by atoms with Gasteiger partial charge in [0.05, 0.1) is 18.6 Å². The van der Waals surface area contributed by atoms with E-state index in [1.165, 1.54) is 38.5 Å². The second kappa shape index (κ2) is 7.26. The highest BCUT2D eigenvalue weighted by Crippen LogP contribution is 2.35. The van der Waals surface area contributed by atoms with E-state index in [0.29, 0.717) is 12.1 Å². The van der Waals surface area contributed by atoms with Crippen molar-refractivity contribution in [3.05, 3.63) is 0 Å². The van der Waals surface area contributed by atoms with Crippen LogP contribution in [-0.4, -0.2) is 35.2 Å². The van der Waals surface area contributed by atoms with E-state index in [0.717, 1.165) is 25.3 Å². The minimum atomic E-state index is 0.171. The molecular weight excluding hydrogens is 236 g/mol. The van der Waals surface area contributed by atoms with Crippen LogP contribution in [0.15, 0.2) is 0 Å². The molecule has 0 aliphatic heterocycles. The van der Waals surface area contributed by atoms with Gasteiger partial charge < -0.3 is 5.11 Å². The molecule has 0 amide bonds. The summed E-state index contributed by atoms with van der Waals surface area (Å²) in [7, 11) is 0. The Labute approximate surface area is 117 Å². The Morgan fingerprint density at radius 1 is 1.16 bits per heavy atom. The first kappa shape index (κ1) is 14.8. The fourth-order valence-corrected chi connectivity index (χ4v) is 4.02. The molecule has 2 aliphatic carbocycles. The van der Waals surface area contributed by atoms with E-state index in [-0.39, 0.29) is 12.5 Å². The van der Waals surface area contributed by atoms with Crippen molar-refractivity contribution in [3.63, 3.8) is 0 Å². The Morgan fingerprint density at radius 3 is 2.53 bits per heavy atom. The van der Waals surface area contributed by atoms with E-state index in [1.807, 2.05) is 0 Å². The van der Waals surface area contributed by atoms with Gasteiger partial charge in [-0.3, -0.25) is 4.90 Å². The standard InChI is InChI=1S/C16H28N2O/c1-13-7-8-14(12-17)16(11-13)18(9-10-19)15-5-3-2-4-6-15/h13-16,19H,2-11H2,1H3. The van der Waals surface area contributed by atoms with Crippen molar-refractivity contribution in [1.29, 1.82) is 5.26 Å². The largest absolute Gasteiger partial charge is 0.395 e. The quantitative estimate of drug-likeness (QED) is 0.849. The highest BCUT2D eigenvalue weighted by atomic mass is 16.3. The van der Waals surface area contributed by atoms with E-state index in [2.05, 4.69) is 17.9 Å². The number of hydrogen-bond acceptors (Lipinski definition) is 3. The minimum absolute atomic E-state index is 0.171. The van der Waals surface area contributed by atoms with Crippen LogP contribution in [0, 0.1) is 23.2 Å². The van der Waals surface area contributed by atoms with Gasteiger partial charge in [0, 0.05) is 18.6 Å². The Kier molecular flexibility index (Phi) is 5.66. The number of aliphatic hydroxyl groups excluding tert-OH is 1. The predicted molar refractivity (Wildman–Crippen MR) is 76.6 cm³/mol. The van der Waals surface area contributed by atoms with Gasteiger partial charge in [-0.15, -0.1) is 0 Å². The molecule has 2 rings (SSSR count). The smallest absolute Gasteiger partial charge is 0.0672 e. The van der Waals surface area contributed by atoms with Gasteiger partial charge in [0.15, 0.2) is 0 Å². The fraction of sp³-hybridized carbons (Fsp3) is 0.938. The predicted octanol–water partition coefficient (Wildman–Crippen LogP) is 2.94. The summed E-state index contributed by atoms with van der Waals surface area (Å²) in [5, 5.41) is 18.8. The van der Waals surface area contributed by atoms with Gasteiger partial charge in [0.2, 0.25) is 0 Å². The molecular formula is C16H28N2O. The van der Waals surface area contributed by atoms with Gasteiger partial charge in [0.25, 0.3) is 0 Å². The molecule has 0 heterocycles. The third kappa shape index (κ3) is 3.70. The molecule has 3 heteroatoms. The Hall–Kier alpha value is -0.590. The van der Waals surface area contributed by atoms with Crippen molar-refractivity contribution in [2.24, 2.45) is 11.8 Å². The van der Waals surface area contributed by atoms with Crippen molar-refractivity contribution < 1.29 is 5.11 Å². The summed E-state index contributed by atoms with van der Waals surface area (Å²) in [4.78, 5) is 2.49. The third-order valence-corrected chi connectivity index (χ3v) is 5.07. The molecule has 0 saturated heterocycles. The Balaban J connectivity index is 2.08. The van der Waals surface area contributed by atoms with E-state index >= 15 is 0 Å². The first-order valence-corrected chi connectivity index (χ1v) is 8.02. The summed E-state index contributed by atoms with van der Waals surface area (Å²) >= 11 is 0. The first-order chi connectivity index (χ1) is 9.26. The van der Waals surface area contributed by atoms with Crippen molar-refractivity contribution in [2.75, 3.05) is 13.2 Å². The lowest BCUT2D eigenvalue weighted by atomic mass is 9.77. The maximum atomic E-state index is 9.42. The van der Waals surface area contributed by atoms with E-state index in [4.69, 9.17) is 0 Å². The summed E-state index contributed by atoms with van der Waals surface area (Å²) in [6.45, 7) is 3.28. The average molecular weight is 264 g/mol. The van der Waals surface area contributed by atoms with Crippen LogP contribution in [0.5, 0.6) is 0 Å². The summed E-state index contributed by atoms with van der Waals surface area (Å²) in [6.07, 6.45) is 9.84. The second-order valence-electron chi connectivity index (χ2n) is 6.47. The molecule has 0 spiro atoms. The Morgan fingerprint density at radius 2 is 1.89 bits per heavy atom. The molecule has 2 saturated carbocycles. The van der Waals surface area contributed by atoms with Crippen LogP contribution in [0.1, 0.15) is 58.3 Å². The van der Waals surface area contributed by atoms with Crippen LogP contribution in [0.25, 0.3) is 0 Å². The lowest BCUT2D eigenvalue weighted by molar-refractivity contribution is 0.0344. The van der Waals surface area contributed by atoms with Crippen molar-refractivity contribution in [2.45, 2.75) is 70.4 Å². The van der Waals surface area contributed by atoms with Crippen LogP contribution in [0.4, 0.5) is 0 Å². The summed E-state index contributed by atoms with van der Waals surface area (Å²) in [5.74, 6) is 0.893. The molecule has 1 N–H and O–H groups in total. The molecule has 2 fully saturated rings. The van der Waals surface area contributed by atoms with Gasteiger partial charge in [-0.25, -0.2) is 0 Å². The lowest BCUT2D eigenvalue weighted by Crippen LogP contribution is -2.50. The third-order valence-electron chi connectivity index (χ3n) is 5.07. The highest BCUT2D eigenvalue weighted by Gasteiger charge is 2.36. The zero-order valence-corrected chi connectivity index (χ0v) is 12.2. The van der Waals surface area contributed by atoms with E-state index in [1.54, 1.807) is 0 Å². The van der Waals surface area contributed by atoms with Gasteiger partial charge >= 0.3 is 0 Å². The number of hydrogen-bond donors (Lipinski definition) is 1. The van der Waals surface area contributed by atoms with Crippen LogP contribution in [0.3, 0.4) is 0 Å². The zero-order valence-electron chi connectivity index (χ0n) is 12.2. The van der Waals surface area contributed by atoms with Crippen LogP contribution < -0.4 is 0 Å². The maximum Gasteiger partial charge on any atom is 0.0672 e. The molecule has 3 nitrogen and oxygen atoms in total. The SMILES string of the molecule is CC1CCC(C#N)C(N(CCO)C2CCCCC2)C1. The monoisotopic (exact) mass is 264 g/mol. The average Bonchev–Trinajstić information content (AvgIpc) is 2.45.